The number of nitrogens with zero attached hydrogens (tertiary/aromatic N) is 3. The van der Waals surface area contributed by atoms with Gasteiger partial charge in [0.2, 0.25) is 0 Å². The number of hydrogen-bond donors (Lipinski definition) is 0. The first kappa shape index (κ1) is 16.2. The van der Waals surface area contributed by atoms with Crippen molar-refractivity contribution in [2.75, 3.05) is 20.2 Å². The first-order valence-corrected chi connectivity index (χ1v) is 8.46. The van der Waals surface area contributed by atoms with Gasteiger partial charge in [-0.25, -0.2) is 4.98 Å². The van der Waals surface area contributed by atoms with Gasteiger partial charge in [-0.2, -0.15) is 0 Å². The molecule has 2 aromatic heterocycles. The van der Waals surface area contributed by atoms with E-state index in [1.54, 1.807) is 6.20 Å². The maximum Gasteiger partial charge on any atom is 0.138 e. The van der Waals surface area contributed by atoms with Gasteiger partial charge in [0.1, 0.15) is 17.5 Å². The number of halogens is 1. The Labute approximate surface area is 142 Å². The van der Waals surface area contributed by atoms with E-state index in [1.807, 2.05) is 30.6 Å². The highest BCUT2D eigenvalue weighted by Crippen LogP contribution is 2.22. The van der Waals surface area contributed by atoms with Crippen LogP contribution in [0.15, 0.2) is 36.8 Å². The molecule has 3 rings (SSSR count). The SMILES string of the molecule is CN1CCC[C@@H]1COc1cnc(Cl)c(CCc2ccncc2)c1. The molecule has 0 radical (unpaired) electrons. The normalized spacial score (nSPS) is 18.3. The topological polar surface area (TPSA) is 38.2 Å². The zero-order chi connectivity index (χ0) is 16.1. The summed E-state index contributed by atoms with van der Waals surface area (Å²) in [6, 6.07) is 6.58. The van der Waals surface area contributed by atoms with E-state index in [0.717, 1.165) is 30.7 Å². The van der Waals surface area contributed by atoms with Crippen molar-refractivity contribution >= 4 is 11.6 Å². The quantitative estimate of drug-likeness (QED) is 0.760. The molecule has 1 fully saturated rings. The molecule has 3 heterocycles. The van der Waals surface area contributed by atoms with Crippen LogP contribution in [0.2, 0.25) is 5.15 Å². The van der Waals surface area contributed by atoms with Gasteiger partial charge in [-0.05, 0) is 68.6 Å². The van der Waals surface area contributed by atoms with Crippen LogP contribution in [0, 0.1) is 0 Å². The minimum Gasteiger partial charge on any atom is -0.490 e. The number of aromatic nitrogens is 2. The lowest BCUT2D eigenvalue weighted by atomic mass is 10.1. The van der Waals surface area contributed by atoms with E-state index < -0.39 is 0 Å². The van der Waals surface area contributed by atoms with E-state index in [1.165, 1.54) is 18.4 Å². The molecule has 0 saturated carbocycles. The van der Waals surface area contributed by atoms with E-state index in [4.69, 9.17) is 16.3 Å². The number of likely N-dealkylation sites (N-methyl/N-ethyl adjacent to an activating group) is 1. The van der Waals surface area contributed by atoms with Gasteiger partial charge < -0.3 is 9.64 Å². The number of hydrogen-bond acceptors (Lipinski definition) is 4. The van der Waals surface area contributed by atoms with Crippen molar-refractivity contribution in [1.82, 2.24) is 14.9 Å². The number of likely N-dealkylation sites (tertiary alicyclic amines) is 1. The van der Waals surface area contributed by atoms with E-state index in [2.05, 4.69) is 21.9 Å². The molecule has 1 aliphatic rings. The van der Waals surface area contributed by atoms with E-state index in [0.29, 0.717) is 17.8 Å². The summed E-state index contributed by atoms with van der Waals surface area (Å²) in [7, 11) is 2.15. The second-order valence-electron chi connectivity index (χ2n) is 6.06. The van der Waals surface area contributed by atoms with Crippen molar-refractivity contribution in [3.63, 3.8) is 0 Å². The Balaban J connectivity index is 1.59. The Bertz CT molecular complexity index is 635. The van der Waals surface area contributed by atoms with Gasteiger partial charge in [0.25, 0.3) is 0 Å². The fourth-order valence-corrected chi connectivity index (χ4v) is 3.13. The molecule has 1 aliphatic heterocycles. The minimum atomic E-state index is 0.506. The fourth-order valence-electron chi connectivity index (χ4n) is 2.94. The van der Waals surface area contributed by atoms with Gasteiger partial charge in [0.05, 0.1) is 6.20 Å². The molecule has 0 unspecified atom stereocenters. The van der Waals surface area contributed by atoms with Crippen LogP contribution >= 0.6 is 11.6 Å². The fraction of sp³-hybridized carbons (Fsp3) is 0.444. The second kappa shape index (κ2) is 7.75. The van der Waals surface area contributed by atoms with Crippen LogP contribution in [0.5, 0.6) is 5.75 Å². The van der Waals surface area contributed by atoms with Crippen molar-refractivity contribution in [1.29, 1.82) is 0 Å². The molecule has 0 spiro atoms. The summed E-state index contributed by atoms with van der Waals surface area (Å²) >= 11 is 6.23. The Morgan fingerprint density at radius 1 is 1.30 bits per heavy atom. The molecule has 0 amide bonds. The van der Waals surface area contributed by atoms with Crippen molar-refractivity contribution in [3.8, 4) is 5.75 Å². The molecular weight excluding hydrogens is 310 g/mol. The Morgan fingerprint density at radius 2 is 2.13 bits per heavy atom. The molecule has 0 N–H and O–H groups in total. The predicted octanol–water partition coefficient (Wildman–Crippen LogP) is 3.39. The summed E-state index contributed by atoms with van der Waals surface area (Å²) in [5, 5.41) is 0.560. The van der Waals surface area contributed by atoms with Crippen LogP contribution in [-0.2, 0) is 12.8 Å². The molecule has 1 saturated heterocycles. The third-order valence-electron chi connectivity index (χ3n) is 4.43. The highest BCUT2D eigenvalue weighted by Gasteiger charge is 2.21. The van der Waals surface area contributed by atoms with Crippen molar-refractivity contribution in [2.24, 2.45) is 0 Å². The highest BCUT2D eigenvalue weighted by atomic mass is 35.5. The Morgan fingerprint density at radius 3 is 2.87 bits per heavy atom. The number of pyridine rings is 2. The first-order valence-electron chi connectivity index (χ1n) is 8.09. The third-order valence-corrected chi connectivity index (χ3v) is 4.77. The molecule has 5 heteroatoms. The zero-order valence-corrected chi connectivity index (χ0v) is 14.2. The smallest absolute Gasteiger partial charge is 0.138 e. The van der Waals surface area contributed by atoms with Crippen LogP contribution < -0.4 is 4.74 Å². The summed E-state index contributed by atoms with van der Waals surface area (Å²) in [5.41, 5.74) is 2.27. The van der Waals surface area contributed by atoms with Gasteiger partial charge >= 0.3 is 0 Å². The number of aryl methyl sites for hydroxylation is 2. The summed E-state index contributed by atoms with van der Waals surface area (Å²) in [6.45, 7) is 1.87. The van der Waals surface area contributed by atoms with Crippen molar-refractivity contribution in [3.05, 3.63) is 53.1 Å². The molecule has 4 nitrogen and oxygen atoms in total. The maximum absolute atomic E-state index is 6.23. The van der Waals surface area contributed by atoms with Crippen LogP contribution in [-0.4, -0.2) is 41.1 Å². The summed E-state index contributed by atoms with van der Waals surface area (Å²) in [5.74, 6) is 0.805. The zero-order valence-electron chi connectivity index (χ0n) is 13.4. The third kappa shape index (κ3) is 4.43. The Kier molecular flexibility index (Phi) is 5.47. The number of ether oxygens (including phenoxy) is 1. The molecule has 2 aromatic rings. The average Bonchev–Trinajstić information content (AvgIpc) is 2.99. The lowest BCUT2D eigenvalue weighted by molar-refractivity contribution is 0.197. The van der Waals surface area contributed by atoms with Gasteiger partial charge in [0, 0.05) is 18.4 Å². The summed E-state index contributed by atoms with van der Waals surface area (Å²) in [4.78, 5) is 10.7. The molecule has 0 aliphatic carbocycles. The number of rotatable bonds is 6. The molecule has 0 bridgehead atoms. The van der Waals surface area contributed by atoms with Crippen LogP contribution in [0.1, 0.15) is 24.0 Å². The van der Waals surface area contributed by atoms with Gasteiger partial charge in [0.15, 0.2) is 0 Å². The predicted molar refractivity (Wildman–Crippen MR) is 92.0 cm³/mol. The Hall–Kier alpha value is -1.65. The maximum atomic E-state index is 6.23. The van der Waals surface area contributed by atoms with Crippen LogP contribution in [0.3, 0.4) is 0 Å². The molecule has 0 aromatic carbocycles. The average molecular weight is 332 g/mol. The molecule has 1 atom stereocenters. The van der Waals surface area contributed by atoms with Crippen LogP contribution in [0.4, 0.5) is 0 Å². The van der Waals surface area contributed by atoms with Gasteiger partial charge in [-0.15, -0.1) is 0 Å². The standard InChI is InChI=1S/C18H22ClN3O/c1-22-10-2-3-16(22)13-23-17-11-15(18(19)21-12-17)5-4-14-6-8-20-9-7-14/h6-9,11-12,16H,2-5,10,13H2,1H3/t16-/m1/s1. The van der Waals surface area contributed by atoms with E-state index in [-0.39, 0.29) is 0 Å². The first-order chi connectivity index (χ1) is 11.2. The largest absolute Gasteiger partial charge is 0.490 e. The lowest BCUT2D eigenvalue weighted by Crippen LogP contribution is -2.30. The lowest BCUT2D eigenvalue weighted by Gasteiger charge is -2.19. The van der Waals surface area contributed by atoms with Crippen LogP contribution in [0.25, 0.3) is 0 Å². The van der Waals surface area contributed by atoms with Gasteiger partial charge in [-0.1, -0.05) is 11.6 Å². The van der Waals surface area contributed by atoms with E-state index >= 15 is 0 Å². The molecular formula is C18H22ClN3O. The van der Waals surface area contributed by atoms with Gasteiger partial charge in [-0.3, -0.25) is 4.98 Å². The highest BCUT2D eigenvalue weighted by molar-refractivity contribution is 6.30. The van der Waals surface area contributed by atoms with Crippen molar-refractivity contribution < 1.29 is 4.74 Å². The minimum absolute atomic E-state index is 0.506. The summed E-state index contributed by atoms with van der Waals surface area (Å²) in [6.07, 6.45) is 9.55. The summed E-state index contributed by atoms with van der Waals surface area (Å²) < 4.78 is 5.94. The molecule has 23 heavy (non-hydrogen) atoms. The van der Waals surface area contributed by atoms with Crippen molar-refractivity contribution in [2.45, 2.75) is 31.7 Å². The molecule has 122 valence electrons. The van der Waals surface area contributed by atoms with E-state index in [9.17, 15) is 0 Å². The monoisotopic (exact) mass is 331 g/mol. The second-order valence-corrected chi connectivity index (χ2v) is 6.42.